The van der Waals surface area contributed by atoms with Gasteiger partial charge in [-0.2, -0.15) is 0 Å². The number of aromatic nitrogens is 2. The topological polar surface area (TPSA) is 67.7 Å². The molecule has 1 amide bonds. The summed E-state index contributed by atoms with van der Waals surface area (Å²) >= 11 is 0. The summed E-state index contributed by atoms with van der Waals surface area (Å²) in [5.74, 6) is -0.267. The molecule has 0 aromatic carbocycles. The van der Waals surface area contributed by atoms with Gasteiger partial charge in [-0.15, -0.1) is 0 Å². The van der Waals surface area contributed by atoms with Crippen LogP contribution in [0.25, 0.3) is 0 Å². The van der Waals surface area contributed by atoms with E-state index in [2.05, 4.69) is 16.0 Å². The maximum Gasteiger partial charge on any atom is 0.272 e. The number of piperidine rings is 1. The fourth-order valence-corrected chi connectivity index (χ4v) is 4.94. The standard InChI is InChI=1S/C22H25FN4O3/c23-18-2-3-19(24-10-18)22(29)26-11-15-9-17(14-26)20-4-1-16(21(28)27(20)12-15)13-25-5-7-30-8-6-25/h1-4,10,15,17H,5-9,11-14H2/t15-,17+/m0/s1. The Morgan fingerprint density at radius 3 is 2.73 bits per heavy atom. The molecule has 2 aromatic rings. The van der Waals surface area contributed by atoms with Crippen LogP contribution < -0.4 is 5.56 Å². The summed E-state index contributed by atoms with van der Waals surface area (Å²) in [4.78, 5) is 34.0. The highest BCUT2D eigenvalue weighted by molar-refractivity contribution is 5.92. The van der Waals surface area contributed by atoms with Crippen molar-refractivity contribution in [2.24, 2.45) is 5.92 Å². The van der Waals surface area contributed by atoms with Crippen LogP contribution in [0.15, 0.2) is 35.3 Å². The Hall–Kier alpha value is -2.58. The average Bonchev–Trinajstić information content (AvgIpc) is 2.77. The molecule has 2 aromatic heterocycles. The number of rotatable bonds is 3. The smallest absolute Gasteiger partial charge is 0.272 e. The van der Waals surface area contributed by atoms with Gasteiger partial charge in [0, 0.05) is 56.4 Å². The Morgan fingerprint density at radius 1 is 1.13 bits per heavy atom. The molecule has 2 atom stereocenters. The van der Waals surface area contributed by atoms with Gasteiger partial charge in [0.15, 0.2) is 0 Å². The van der Waals surface area contributed by atoms with Crippen LogP contribution >= 0.6 is 0 Å². The molecule has 0 spiro atoms. The first-order valence-corrected chi connectivity index (χ1v) is 10.5. The molecule has 2 bridgehead atoms. The molecule has 3 aliphatic rings. The van der Waals surface area contributed by atoms with Gasteiger partial charge in [-0.1, -0.05) is 6.07 Å². The lowest BCUT2D eigenvalue weighted by molar-refractivity contribution is 0.0338. The number of hydrogen-bond acceptors (Lipinski definition) is 5. The van der Waals surface area contributed by atoms with Crippen molar-refractivity contribution in [1.82, 2.24) is 19.4 Å². The molecular weight excluding hydrogens is 387 g/mol. The van der Waals surface area contributed by atoms with Crippen molar-refractivity contribution in [3.63, 3.8) is 0 Å². The molecule has 158 valence electrons. The van der Waals surface area contributed by atoms with Gasteiger partial charge in [0.2, 0.25) is 0 Å². The number of morpholine rings is 1. The second-order valence-electron chi connectivity index (χ2n) is 8.46. The van der Waals surface area contributed by atoms with Crippen molar-refractivity contribution in [3.05, 3.63) is 63.6 Å². The van der Waals surface area contributed by atoms with Crippen LogP contribution in [0.3, 0.4) is 0 Å². The molecule has 2 fully saturated rings. The molecule has 8 heteroatoms. The number of hydrogen-bond donors (Lipinski definition) is 0. The Bertz CT molecular complexity index is 1000. The number of carbonyl (C=O) groups excluding carboxylic acids is 1. The number of amides is 1. The number of carbonyl (C=O) groups is 1. The minimum Gasteiger partial charge on any atom is -0.379 e. The van der Waals surface area contributed by atoms with E-state index in [0.717, 1.165) is 37.0 Å². The molecule has 5 heterocycles. The van der Waals surface area contributed by atoms with Crippen LogP contribution in [-0.4, -0.2) is 64.7 Å². The van der Waals surface area contributed by atoms with Crippen molar-refractivity contribution in [3.8, 4) is 0 Å². The molecule has 7 nitrogen and oxygen atoms in total. The van der Waals surface area contributed by atoms with Gasteiger partial charge in [-0.25, -0.2) is 9.37 Å². The lowest BCUT2D eigenvalue weighted by Gasteiger charge is -2.42. The molecular formula is C22H25FN4O3. The van der Waals surface area contributed by atoms with Gasteiger partial charge in [0.1, 0.15) is 11.5 Å². The minimum absolute atomic E-state index is 0.0914. The van der Waals surface area contributed by atoms with E-state index in [1.165, 1.54) is 12.1 Å². The normalized spacial score (nSPS) is 23.8. The first-order valence-electron chi connectivity index (χ1n) is 10.5. The molecule has 0 saturated carbocycles. The molecule has 0 aliphatic carbocycles. The van der Waals surface area contributed by atoms with Crippen LogP contribution in [0.5, 0.6) is 0 Å². The molecule has 0 radical (unpaired) electrons. The zero-order valence-corrected chi connectivity index (χ0v) is 16.8. The molecule has 5 rings (SSSR count). The van der Waals surface area contributed by atoms with E-state index in [9.17, 15) is 14.0 Å². The van der Waals surface area contributed by atoms with Gasteiger partial charge in [-0.05, 0) is 30.5 Å². The van der Waals surface area contributed by atoms with Crippen LogP contribution in [0, 0.1) is 11.7 Å². The van der Waals surface area contributed by atoms with Gasteiger partial charge in [0.05, 0.1) is 19.4 Å². The fourth-order valence-electron chi connectivity index (χ4n) is 4.94. The lowest BCUT2D eigenvalue weighted by Crippen LogP contribution is -2.49. The molecule has 2 saturated heterocycles. The number of halogens is 1. The molecule has 30 heavy (non-hydrogen) atoms. The second kappa shape index (κ2) is 7.92. The Kier molecular flexibility index (Phi) is 5.12. The predicted molar refractivity (Wildman–Crippen MR) is 108 cm³/mol. The predicted octanol–water partition coefficient (Wildman–Crippen LogP) is 1.47. The zero-order valence-electron chi connectivity index (χ0n) is 16.8. The first-order chi connectivity index (χ1) is 14.6. The summed E-state index contributed by atoms with van der Waals surface area (Å²) in [6, 6.07) is 6.70. The van der Waals surface area contributed by atoms with E-state index in [1.54, 1.807) is 4.90 Å². The van der Waals surface area contributed by atoms with Gasteiger partial charge < -0.3 is 14.2 Å². The van der Waals surface area contributed by atoms with E-state index in [-0.39, 0.29) is 29.0 Å². The van der Waals surface area contributed by atoms with E-state index in [0.29, 0.717) is 39.4 Å². The van der Waals surface area contributed by atoms with Gasteiger partial charge in [0.25, 0.3) is 11.5 Å². The highest BCUT2D eigenvalue weighted by atomic mass is 19.1. The summed E-state index contributed by atoms with van der Waals surface area (Å²) < 4.78 is 20.5. The third kappa shape index (κ3) is 3.65. The van der Waals surface area contributed by atoms with E-state index >= 15 is 0 Å². The van der Waals surface area contributed by atoms with Crippen LogP contribution in [0.4, 0.5) is 4.39 Å². The van der Waals surface area contributed by atoms with Crippen molar-refractivity contribution >= 4 is 5.91 Å². The van der Waals surface area contributed by atoms with Crippen LogP contribution in [-0.2, 0) is 17.8 Å². The van der Waals surface area contributed by atoms with E-state index in [4.69, 9.17) is 4.74 Å². The summed E-state index contributed by atoms with van der Waals surface area (Å²) in [5, 5.41) is 0. The van der Waals surface area contributed by atoms with Crippen molar-refractivity contribution in [2.75, 3.05) is 39.4 Å². The SMILES string of the molecule is O=C(c1ccc(F)cn1)N1C[C@@H]2C[C@H](C1)c1ccc(CN3CCOCC3)c(=O)n1C2. The highest BCUT2D eigenvalue weighted by Crippen LogP contribution is 2.35. The number of fused-ring (bicyclic) bond motifs is 4. The van der Waals surface area contributed by atoms with E-state index in [1.807, 2.05) is 10.6 Å². The third-order valence-electron chi connectivity index (χ3n) is 6.41. The lowest BCUT2D eigenvalue weighted by atomic mass is 9.83. The van der Waals surface area contributed by atoms with Gasteiger partial charge >= 0.3 is 0 Å². The van der Waals surface area contributed by atoms with Crippen LogP contribution in [0.1, 0.15) is 34.1 Å². The summed E-state index contributed by atoms with van der Waals surface area (Å²) in [6.07, 6.45) is 2.05. The van der Waals surface area contributed by atoms with E-state index < -0.39 is 5.82 Å². The van der Waals surface area contributed by atoms with Crippen LogP contribution in [0.2, 0.25) is 0 Å². The molecule has 3 aliphatic heterocycles. The van der Waals surface area contributed by atoms with Crippen molar-refractivity contribution < 1.29 is 13.9 Å². The first kappa shape index (κ1) is 19.4. The monoisotopic (exact) mass is 412 g/mol. The molecule has 0 unspecified atom stereocenters. The fraction of sp³-hybridized carbons (Fsp3) is 0.500. The summed E-state index contributed by atoms with van der Waals surface area (Å²) in [6.45, 7) is 5.54. The number of pyridine rings is 2. The average molecular weight is 412 g/mol. The second-order valence-corrected chi connectivity index (χ2v) is 8.46. The Morgan fingerprint density at radius 2 is 1.97 bits per heavy atom. The zero-order chi connectivity index (χ0) is 20.7. The maximum atomic E-state index is 13.2. The summed E-state index contributed by atoms with van der Waals surface area (Å²) in [5.41, 5.74) is 2.18. The van der Waals surface area contributed by atoms with Gasteiger partial charge in [-0.3, -0.25) is 14.5 Å². The quantitative estimate of drug-likeness (QED) is 0.764. The number of likely N-dealkylation sites (tertiary alicyclic amines) is 1. The third-order valence-corrected chi connectivity index (χ3v) is 6.41. The Labute approximate surface area is 174 Å². The van der Waals surface area contributed by atoms with Crippen molar-refractivity contribution in [2.45, 2.75) is 25.4 Å². The Balaban J connectivity index is 1.36. The number of nitrogens with zero attached hydrogens (tertiary/aromatic N) is 4. The highest BCUT2D eigenvalue weighted by Gasteiger charge is 2.37. The minimum atomic E-state index is -0.455. The maximum absolute atomic E-state index is 13.2. The number of ether oxygens (including phenoxy) is 1. The largest absolute Gasteiger partial charge is 0.379 e. The summed E-state index contributed by atoms with van der Waals surface area (Å²) in [7, 11) is 0. The molecule has 0 N–H and O–H groups in total. The van der Waals surface area contributed by atoms with Crippen molar-refractivity contribution in [1.29, 1.82) is 0 Å².